The first-order valence-corrected chi connectivity index (χ1v) is 10.9. The monoisotopic (exact) mass is 417 g/mol. The molecule has 0 unspecified atom stereocenters. The molecular formula is C22H24ClNO3S. The fraction of sp³-hybridized carbons (Fsp3) is 0.364. The molecule has 0 aromatic heterocycles. The van der Waals surface area contributed by atoms with E-state index >= 15 is 0 Å². The number of amides is 1. The van der Waals surface area contributed by atoms with Crippen LogP contribution in [0.4, 0.5) is 0 Å². The van der Waals surface area contributed by atoms with Crippen molar-refractivity contribution >= 4 is 35.2 Å². The molecule has 0 atom stereocenters. The number of hydrogen-bond acceptors (Lipinski definition) is 4. The van der Waals surface area contributed by atoms with Crippen molar-refractivity contribution in [3.05, 3.63) is 64.7 Å². The molecule has 6 heteroatoms. The smallest absolute Gasteiger partial charge is 0.338 e. The Morgan fingerprint density at radius 3 is 2.21 bits per heavy atom. The van der Waals surface area contributed by atoms with Gasteiger partial charge in [0.1, 0.15) is 0 Å². The van der Waals surface area contributed by atoms with Gasteiger partial charge >= 0.3 is 5.97 Å². The molecule has 1 fully saturated rings. The van der Waals surface area contributed by atoms with Gasteiger partial charge in [0.15, 0.2) is 6.61 Å². The highest BCUT2D eigenvalue weighted by Crippen LogP contribution is 2.24. The van der Waals surface area contributed by atoms with Crippen LogP contribution in [0.3, 0.4) is 0 Å². The number of hydrogen-bond donors (Lipinski definition) is 0. The van der Waals surface area contributed by atoms with Crippen LogP contribution >= 0.6 is 23.4 Å². The molecule has 3 rings (SSSR count). The molecule has 1 heterocycles. The number of benzene rings is 2. The number of ether oxygens (including phenoxy) is 1. The second-order valence-electron chi connectivity index (χ2n) is 6.81. The molecule has 0 spiro atoms. The predicted octanol–water partition coefficient (Wildman–Crippen LogP) is 5.19. The Hall–Kier alpha value is -1.98. The number of nitrogens with zero attached hydrogens (tertiary/aromatic N) is 1. The van der Waals surface area contributed by atoms with Gasteiger partial charge in [0.05, 0.1) is 5.56 Å². The van der Waals surface area contributed by atoms with Crippen LogP contribution < -0.4 is 0 Å². The lowest BCUT2D eigenvalue weighted by molar-refractivity contribution is -0.134. The van der Waals surface area contributed by atoms with Crippen molar-refractivity contribution in [3.8, 4) is 0 Å². The van der Waals surface area contributed by atoms with Gasteiger partial charge in [0, 0.05) is 28.8 Å². The third-order valence-corrected chi connectivity index (χ3v) is 6.03. The van der Waals surface area contributed by atoms with E-state index in [1.807, 2.05) is 36.4 Å². The number of carbonyl (C=O) groups excluding carboxylic acids is 2. The van der Waals surface area contributed by atoms with Gasteiger partial charge in [-0.3, -0.25) is 4.79 Å². The first-order chi connectivity index (χ1) is 13.6. The topological polar surface area (TPSA) is 46.6 Å². The fourth-order valence-electron chi connectivity index (χ4n) is 3.06. The van der Waals surface area contributed by atoms with Crippen LogP contribution in [0, 0.1) is 0 Å². The van der Waals surface area contributed by atoms with Crippen LogP contribution in [-0.2, 0) is 15.3 Å². The Balaban J connectivity index is 1.46. The van der Waals surface area contributed by atoms with Gasteiger partial charge in [-0.1, -0.05) is 36.6 Å². The first-order valence-electron chi connectivity index (χ1n) is 9.54. The van der Waals surface area contributed by atoms with E-state index in [1.165, 1.54) is 0 Å². The van der Waals surface area contributed by atoms with E-state index in [4.69, 9.17) is 16.3 Å². The molecule has 0 aliphatic carbocycles. The number of likely N-dealkylation sites (tertiary alicyclic amines) is 1. The summed E-state index contributed by atoms with van der Waals surface area (Å²) < 4.78 is 5.22. The normalized spacial score (nSPS) is 14.4. The van der Waals surface area contributed by atoms with Crippen molar-refractivity contribution in [1.29, 1.82) is 0 Å². The molecule has 1 aliphatic heterocycles. The van der Waals surface area contributed by atoms with Crippen LogP contribution in [0.5, 0.6) is 0 Å². The average molecular weight is 418 g/mol. The summed E-state index contributed by atoms with van der Waals surface area (Å²) in [4.78, 5) is 27.4. The number of rotatable bonds is 6. The second kappa shape index (κ2) is 10.5. The fourth-order valence-corrected chi connectivity index (χ4v) is 4.04. The lowest BCUT2D eigenvalue weighted by Gasteiger charge is -2.19. The van der Waals surface area contributed by atoms with E-state index in [2.05, 4.69) is 0 Å². The molecule has 28 heavy (non-hydrogen) atoms. The molecular weight excluding hydrogens is 394 g/mol. The second-order valence-corrected chi connectivity index (χ2v) is 8.30. The lowest BCUT2D eigenvalue weighted by atomic mass is 10.1. The van der Waals surface area contributed by atoms with Crippen molar-refractivity contribution < 1.29 is 14.3 Å². The maximum atomic E-state index is 12.2. The predicted molar refractivity (Wildman–Crippen MR) is 113 cm³/mol. The summed E-state index contributed by atoms with van der Waals surface area (Å²) in [6, 6.07) is 15.0. The highest BCUT2D eigenvalue weighted by molar-refractivity contribution is 7.98. The van der Waals surface area contributed by atoms with Gasteiger partial charge in [0.25, 0.3) is 5.91 Å². The summed E-state index contributed by atoms with van der Waals surface area (Å²) in [6.45, 7) is 1.33. The van der Waals surface area contributed by atoms with Gasteiger partial charge in [-0.05, 0) is 54.8 Å². The van der Waals surface area contributed by atoms with E-state index < -0.39 is 5.97 Å². The van der Waals surface area contributed by atoms with Crippen LogP contribution in [0.25, 0.3) is 0 Å². The molecule has 1 amide bonds. The van der Waals surface area contributed by atoms with Crippen LogP contribution in [0.2, 0.25) is 5.02 Å². The van der Waals surface area contributed by atoms with Gasteiger partial charge in [0.2, 0.25) is 0 Å². The molecule has 148 valence electrons. The molecule has 2 aromatic carbocycles. The Morgan fingerprint density at radius 1 is 0.929 bits per heavy atom. The first kappa shape index (κ1) is 20.7. The summed E-state index contributed by atoms with van der Waals surface area (Å²) in [5.74, 6) is 0.232. The van der Waals surface area contributed by atoms with E-state index in [9.17, 15) is 9.59 Å². The zero-order chi connectivity index (χ0) is 19.8. The maximum absolute atomic E-state index is 12.2. The molecule has 1 aliphatic rings. The minimum Gasteiger partial charge on any atom is -0.452 e. The number of esters is 1. The Labute approximate surface area is 175 Å². The van der Waals surface area contributed by atoms with Crippen LogP contribution in [0.15, 0.2) is 53.4 Å². The minimum absolute atomic E-state index is 0.105. The molecule has 1 saturated heterocycles. The summed E-state index contributed by atoms with van der Waals surface area (Å²) in [5, 5.41) is 0.724. The standard InChI is InChI=1S/C22H24ClNO3S/c23-19-9-11-20(12-10-19)28-16-17-5-7-18(8-6-17)22(26)27-15-21(25)24-13-3-1-2-4-14-24/h5-12H,1-4,13-16H2. The van der Waals surface area contributed by atoms with Crippen molar-refractivity contribution in [2.45, 2.75) is 36.3 Å². The van der Waals surface area contributed by atoms with Gasteiger partial charge in [-0.25, -0.2) is 4.79 Å². The number of carbonyl (C=O) groups is 2. The van der Waals surface area contributed by atoms with Crippen molar-refractivity contribution in [3.63, 3.8) is 0 Å². The van der Waals surface area contributed by atoms with E-state index in [-0.39, 0.29) is 12.5 Å². The Morgan fingerprint density at radius 2 is 1.57 bits per heavy atom. The quantitative estimate of drug-likeness (QED) is 0.479. The number of halogens is 1. The molecule has 0 radical (unpaired) electrons. The molecule has 2 aromatic rings. The van der Waals surface area contributed by atoms with Crippen molar-refractivity contribution in [1.82, 2.24) is 4.90 Å². The zero-order valence-electron chi connectivity index (χ0n) is 15.7. The highest BCUT2D eigenvalue weighted by Gasteiger charge is 2.17. The van der Waals surface area contributed by atoms with Gasteiger partial charge in [-0.15, -0.1) is 11.8 Å². The van der Waals surface area contributed by atoms with Crippen molar-refractivity contribution in [2.24, 2.45) is 0 Å². The van der Waals surface area contributed by atoms with E-state index in [0.717, 1.165) is 60.0 Å². The van der Waals surface area contributed by atoms with Crippen LogP contribution in [-0.4, -0.2) is 36.5 Å². The highest BCUT2D eigenvalue weighted by atomic mass is 35.5. The van der Waals surface area contributed by atoms with Crippen LogP contribution in [0.1, 0.15) is 41.6 Å². The summed E-state index contributed by atoms with van der Waals surface area (Å²) >= 11 is 7.60. The third-order valence-electron chi connectivity index (χ3n) is 4.69. The molecule has 0 saturated carbocycles. The largest absolute Gasteiger partial charge is 0.452 e. The SMILES string of the molecule is O=C(OCC(=O)N1CCCCCC1)c1ccc(CSc2ccc(Cl)cc2)cc1. The third kappa shape index (κ3) is 6.28. The summed E-state index contributed by atoms with van der Waals surface area (Å²) in [7, 11) is 0. The molecule has 0 bridgehead atoms. The minimum atomic E-state index is -0.458. The number of thioether (sulfide) groups is 1. The van der Waals surface area contributed by atoms with Crippen molar-refractivity contribution in [2.75, 3.05) is 19.7 Å². The summed E-state index contributed by atoms with van der Waals surface area (Å²) in [5.41, 5.74) is 1.57. The maximum Gasteiger partial charge on any atom is 0.338 e. The van der Waals surface area contributed by atoms with Gasteiger partial charge < -0.3 is 9.64 Å². The Bertz CT molecular complexity index is 784. The molecule has 0 N–H and O–H groups in total. The zero-order valence-corrected chi connectivity index (χ0v) is 17.3. The lowest BCUT2D eigenvalue weighted by Crippen LogP contribution is -2.35. The van der Waals surface area contributed by atoms with E-state index in [0.29, 0.717) is 5.56 Å². The van der Waals surface area contributed by atoms with Gasteiger partial charge in [-0.2, -0.15) is 0 Å². The average Bonchev–Trinajstić information content (AvgIpc) is 3.01. The molecule has 4 nitrogen and oxygen atoms in total. The summed E-state index contributed by atoms with van der Waals surface area (Å²) in [6.07, 6.45) is 4.36. The van der Waals surface area contributed by atoms with E-state index in [1.54, 1.807) is 28.8 Å². The Kier molecular flexibility index (Phi) is 7.80.